The van der Waals surface area contributed by atoms with E-state index in [1.165, 1.54) is 18.2 Å². The number of carbonyl (C=O) groups is 1. The molecule has 0 aromatic heterocycles. The fourth-order valence-corrected chi connectivity index (χ4v) is 2.63. The van der Waals surface area contributed by atoms with Crippen LogP contribution >= 0.6 is 0 Å². The summed E-state index contributed by atoms with van der Waals surface area (Å²) in [5.41, 5.74) is 0.384. The number of fused-ring (bicyclic) bond motifs is 1. The van der Waals surface area contributed by atoms with Crippen molar-refractivity contribution in [2.75, 3.05) is 13.2 Å². The SMILES string of the molecule is CCCC(CCC)NCC(=O)c1ccc2c(c1)OC(F)(CF)O2. The molecule has 1 atom stereocenters. The van der Waals surface area contributed by atoms with Crippen molar-refractivity contribution >= 4 is 5.78 Å². The van der Waals surface area contributed by atoms with Crippen LogP contribution in [0.3, 0.4) is 0 Å². The van der Waals surface area contributed by atoms with E-state index in [1.807, 2.05) is 0 Å². The van der Waals surface area contributed by atoms with Gasteiger partial charge in [0.15, 0.2) is 17.3 Å². The van der Waals surface area contributed by atoms with Crippen LogP contribution in [-0.2, 0) is 0 Å². The van der Waals surface area contributed by atoms with Gasteiger partial charge in [0.2, 0.25) is 6.67 Å². The van der Waals surface area contributed by atoms with E-state index >= 15 is 0 Å². The van der Waals surface area contributed by atoms with Crippen molar-refractivity contribution in [2.24, 2.45) is 0 Å². The van der Waals surface area contributed by atoms with Crippen LogP contribution in [0.5, 0.6) is 11.5 Å². The Hall–Kier alpha value is -1.69. The minimum absolute atomic E-state index is 0.0506. The molecule has 4 nitrogen and oxygen atoms in total. The number of nitrogens with one attached hydrogen (secondary N) is 1. The van der Waals surface area contributed by atoms with Crippen LogP contribution in [0.15, 0.2) is 18.2 Å². The third-order valence-electron chi connectivity index (χ3n) is 3.78. The molecule has 6 heteroatoms. The van der Waals surface area contributed by atoms with E-state index < -0.39 is 12.7 Å². The van der Waals surface area contributed by atoms with E-state index in [1.54, 1.807) is 0 Å². The number of hydrogen-bond acceptors (Lipinski definition) is 4. The van der Waals surface area contributed by atoms with Crippen molar-refractivity contribution in [2.45, 2.75) is 51.6 Å². The maximum Gasteiger partial charge on any atom is 0.437 e. The molecule has 1 aliphatic rings. The molecule has 0 amide bonds. The minimum Gasteiger partial charge on any atom is -0.421 e. The number of ketones is 1. The highest BCUT2D eigenvalue weighted by Crippen LogP contribution is 2.40. The lowest BCUT2D eigenvalue weighted by Gasteiger charge is -2.16. The van der Waals surface area contributed by atoms with Gasteiger partial charge in [-0.2, -0.15) is 4.39 Å². The second-order valence-electron chi connectivity index (χ2n) is 5.74. The van der Waals surface area contributed by atoms with Gasteiger partial charge in [0, 0.05) is 11.6 Å². The number of carbonyl (C=O) groups excluding carboxylic acids is 1. The summed E-state index contributed by atoms with van der Waals surface area (Å²) in [6.45, 7) is 3.01. The summed E-state index contributed by atoms with van der Waals surface area (Å²) in [5.74, 6) is 0.0318. The Balaban J connectivity index is 1.98. The molecule has 1 N–H and O–H groups in total. The zero-order valence-corrected chi connectivity index (χ0v) is 13.5. The zero-order valence-electron chi connectivity index (χ0n) is 13.5. The van der Waals surface area contributed by atoms with Crippen molar-refractivity contribution in [3.05, 3.63) is 23.8 Å². The Kier molecular flexibility index (Phi) is 5.93. The Morgan fingerprint density at radius 1 is 1.22 bits per heavy atom. The predicted octanol–water partition coefficient (Wildman–Crippen LogP) is 3.79. The van der Waals surface area contributed by atoms with Crippen LogP contribution in [0.1, 0.15) is 49.9 Å². The summed E-state index contributed by atoms with van der Waals surface area (Å²) in [7, 11) is 0. The van der Waals surface area contributed by atoms with E-state index in [0.717, 1.165) is 25.7 Å². The normalized spacial score (nSPS) is 19.3. The molecule has 0 saturated heterocycles. The highest BCUT2D eigenvalue weighted by atomic mass is 19.2. The van der Waals surface area contributed by atoms with Gasteiger partial charge in [-0.3, -0.25) is 4.79 Å². The highest BCUT2D eigenvalue weighted by molar-refractivity contribution is 5.98. The first-order valence-electron chi connectivity index (χ1n) is 8.04. The van der Waals surface area contributed by atoms with Gasteiger partial charge in [0.25, 0.3) is 0 Å². The molecule has 1 aromatic carbocycles. The lowest BCUT2D eigenvalue weighted by molar-refractivity contribution is -0.199. The molecular weight excluding hydrogens is 304 g/mol. The van der Waals surface area contributed by atoms with Crippen molar-refractivity contribution in [1.29, 1.82) is 0 Å². The van der Waals surface area contributed by atoms with Gasteiger partial charge in [0.1, 0.15) is 0 Å². The molecule has 23 heavy (non-hydrogen) atoms. The number of halogens is 2. The largest absolute Gasteiger partial charge is 0.437 e. The van der Waals surface area contributed by atoms with Gasteiger partial charge in [-0.1, -0.05) is 26.7 Å². The van der Waals surface area contributed by atoms with Gasteiger partial charge in [-0.15, -0.1) is 0 Å². The molecule has 1 aliphatic heterocycles. The predicted molar refractivity (Wildman–Crippen MR) is 83.4 cm³/mol. The molecule has 128 valence electrons. The molecule has 0 bridgehead atoms. The summed E-state index contributed by atoms with van der Waals surface area (Å²) in [4.78, 5) is 12.3. The Labute approximate surface area is 135 Å². The van der Waals surface area contributed by atoms with Gasteiger partial charge in [-0.25, -0.2) is 4.39 Å². The standard InChI is InChI=1S/C17H23F2NO3/c1-3-5-13(6-4-2)20-10-14(21)12-7-8-15-16(9-12)23-17(19,11-18)22-15/h7-9,13,20H,3-6,10-11H2,1-2H3. The van der Waals surface area contributed by atoms with Gasteiger partial charge >= 0.3 is 6.04 Å². The number of benzene rings is 1. The fourth-order valence-electron chi connectivity index (χ4n) is 2.63. The fraction of sp³-hybridized carbons (Fsp3) is 0.588. The number of rotatable bonds is 9. The van der Waals surface area contributed by atoms with Crippen LogP contribution in [-0.4, -0.2) is 31.1 Å². The average molecular weight is 327 g/mol. The molecule has 0 saturated carbocycles. The van der Waals surface area contributed by atoms with E-state index in [9.17, 15) is 13.6 Å². The molecular formula is C17H23F2NO3. The van der Waals surface area contributed by atoms with Crippen molar-refractivity contribution in [1.82, 2.24) is 5.32 Å². The Morgan fingerprint density at radius 2 is 1.87 bits per heavy atom. The van der Waals surface area contributed by atoms with Gasteiger partial charge < -0.3 is 14.8 Å². The van der Waals surface area contributed by atoms with E-state index in [0.29, 0.717) is 11.6 Å². The van der Waals surface area contributed by atoms with Crippen LogP contribution < -0.4 is 14.8 Å². The van der Waals surface area contributed by atoms with Crippen LogP contribution in [0.4, 0.5) is 8.78 Å². The summed E-state index contributed by atoms with van der Waals surface area (Å²) >= 11 is 0. The third kappa shape index (κ3) is 4.41. The monoisotopic (exact) mass is 327 g/mol. The number of Topliss-reactive ketones (excluding diaryl/α,β-unsaturated/α-hetero) is 1. The second kappa shape index (κ2) is 7.73. The van der Waals surface area contributed by atoms with Crippen LogP contribution in [0.2, 0.25) is 0 Å². The molecule has 0 fully saturated rings. The first-order valence-corrected chi connectivity index (χ1v) is 8.04. The van der Waals surface area contributed by atoms with Crippen LogP contribution in [0.25, 0.3) is 0 Å². The lowest BCUT2D eigenvalue weighted by Crippen LogP contribution is -2.35. The van der Waals surface area contributed by atoms with Crippen molar-refractivity contribution in [3.8, 4) is 11.5 Å². The number of alkyl halides is 2. The molecule has 0 aliphatic carbocycles. The first-order chi connectivity index (χ1) is 11.0. The van der Waals surface area contributed by atoms with Crippen LogP contribution in [0, 0.1) is 0 Å². The number of hydrogen-bond donors (Lipinski definition) is 1. The van der Waals surface area contributed by atoms with E-state index in [-0.39, 0.29) is 23.8 Å². The summed E-state index contributed by atoms with van der Waals surface area (Å²) < 4.78 is 35.8. The van der Waals surface area contributed by atoms with E-state index in [4.69, 9.17) is 9.47 Å². The number of ether oxygens (including phenoxy) is 2. The minimum atomic E-state index is -2.78. The average Bonchev–Trinajstić information content (AvgIpc) is 2.88. The Morgan fingerprint density at radius 3 is 2.48 bits per heavy atom. The third-order valence-corrected chi connectivity index (χ3v) is 3.78. The summed E-state index contributed by atoms with van der Waals surface area (Å²) in [5, 5.41) is 3.26. The molecule has 0 radical (unpaired) electrons. The molecule has 0 spiro atoms. The molecule has 2 rings (SSSR count). The lowest BCUT2D eigenvalue weighted by atomic mass is 10.1. The molecule has 1 unspecified atom stereocenters. The second-order valence-corrected chi connectivity index (χ2v) is 5.74. The van der Waals surface area contributed by atoms with Gasteiger partial charge in [-0.05, 0) is 31.0 Å². The smallest absolute Gasteiger partial charge is 0.421 e. The van der Waals surface area contributed by atoms with Crippen molar-refractivity contribution < 1.29 is 23.0 Å². The van der Waals surface area contributed by atoms with E-state index in [2.05, 4.69) is 19.2 Å². The van der Waals surface area contributed by atoms with Crippen molar-refractivity contribution in [3.63, 3.8) is 0 Å². The summed E-state index contributed by atoms with van der Waals surface area (Å²) in [6, 6.07) is 1.88. The topological polar surface area (TPSA) is 47.6 Å². The first kappa shape index (κ1) is 17.7. The maximum atomic E-state index is 13.7. The van der Waals surface area contributed by atoms with Gasteiger partial charge in [0.05, 0.1) is 6.54 Å². The Bertz CT molecular complexity index is 547. The molecule has 1 heterocycles. The molecule has 1 aromatic rings. The quantitative estimate of drug-likeness (QED) is 0.701. The zero-order chi connectivity index (χ0) is 16.9. The highest BCUT2D eigenvalue weighted by Gasteiger charge is 2.42. The summed E-state index contributed by atoms with van der Waals surface area (Å²) in [6.07, 6.45) is 4.14. The maximum absolute atomic E-state index is 13.7.